The van der Waals surface area contributed by atoms with Crippen LogP contribution < -0.4 is 10.2 Å². The fraction of sp³-hybridized carbons (Fsp3) is 0.188. The van der Waals surface area contributed by atoms with E-state index in [2.05, 4.69) is 15.3 Å². The maximum Gasteiger partial charge on any atom is 0.260 e. The van der Waals surface area contributed by atoms with Crippen LogP contribution in [0, 0.1) is 18.6 Å². The Morgan fingerprint density at radius 1 is 0.976 bits per heavy atom. The van der Waals surface area contributed by atoms with Crippen molar-refractivity contribution in [3.63, 3.8) is 0 Å². The number of carbonyl (C=O) groups is 2. The highest BCUT2D eigenvalue weighted by Crippen LogP contribution is 2.40. The molecule has 1 fully saturated rings. The Balaban J connectivity index is 1.47. The third-order valence-corrected chi connectivity index (χ3v) is 7.54. The molecule has 0 bridgehead atoms. The Morgan fingerprint density at radius 3 is 2.36 bits per heavy atom. The number of fused-ring (bicyclic) bond motifs is 1. The quantitative estimate of drug-likeness (QED) is 0.247. The fourth-order valence-corrected chi connectivity index (χ4v) is 5.26. The molecule has 0 unspecified atom stereocenters. The Morgan fingerprint density at radius 2 is 1.69 bits per heavy atom. The van der Waals surface area contributed by atoms with E-state index in [0.717, 1.165) is 0 Å². The van der Waals surface area contributed by atoms with Crippen LogP contribution in [0.15, 0.2) is 77.5 Å². The number of aryl methyl sites for hydroxylation is 1. The van der Waals surface area contributed by atoms with Crippen LogP contribution in [-0.4, -0.2) is 41.0 Å². The first-order chi connectivity index (χ1) is 20.3. The zero-order valence-corrected chi connectivity index (χ0v) is 22.7. The molecule has 10 heteroatoms. The Bertz CT molecular complexity index is 1820. The van der Waals surface area contributed by atoms with Crippen molar-refractivity contribution in [2.75, 3.05) is 11.9 Å². The second kappa shape index (κ2) is 10.8. The maximum absolute atomic E-state index is 16.4. The lowest BCUT2D eigenvalue weighted by Gasteiger charge is -2.38. The zero-order chi connectivity index (χ0) is 29.5. The molecule has 1 aliphatic carbocycles. The van der Waals surface area contributed by atoms with Crippen LogP contribution in [0.25, 0.3) is 33.4 Å². The normalized spacial score (nSPS) is 16.2. The number of hydrogen-bond acceptors (Lipinski definition) is 5. The summed E-state index contributed by atoms with van der Waals surface area (Å²) >= 11 is 0. The summed E-state index contributed by atoms with van der Waals surface area (Å²) < 4.78 is 49.7. The standard InChI is InChI=1S/C32H25F3N4O3/c1-17-4-5-19(31(41)39(22-15-21(34)16-22)32-37-12-3-13-38-32)14-24(17)23-10-11-25-26(28(23)35)27(30(40)36-2)29(42-25)18-6-8-20(33)9-7-18/h3-14,21-22H,15-16H2,1-2H3,(H,36,40). The molecule has 1 N–H and O–H groups in total. The number of carbonyl (C=O) groups excluding carboxylic acids is 2. The van der Waals surface area contributed by atoms with Gasteiger partial charge in [0.1, 0.15) is 29.1 Å². The first kappa shape index (κ1) is 27.2. The van der Waals surface area contributed by atoms with E-state index in [4.69, 9.17) is 4.42 Å². The average molecular weight is 571 g/mol. The van der Waals surface area contributed by atoms with Gasteiger partial charge in [0.25, 0.3) is 11.8 Å². The van der Waals surface area contributed by atoms with Crippen molar-refractivity contribution in [1.29, 1.82) is 0 Å². The zero-order valence-electron chi connectivity index (χ0n) is 22.7. The summed E-state index contributed by atoms with van der Waals surface area (Å²) in [4.78, 5) is 36.6. The predicted molar refractivity (Wildman–Crippen MR) is 152 cm³/mol. The van der Waals surface area contributed by atoms with Crippen molar-refractivity contribution in [1.82, 2.24) is 15.3 Å². The smallest absolute Gasteiger partial charge is 0.260 e. The van der Waals surface area contributed by atoms with E-state index in [1.165, 1.54) is 54.7 Å². The summed E-state index contributed by atoms with van der Waals surface area (Å²) in [6.45, 7) is 1.78. The van der Waals surface area contributed by atoms with Crippen molar-refractivity contribution in [3.8, 4) is 22.5 Å². The van der Waals surface area contributed by atoms with Gasteiger partial charge in [-0.05, 0) is 85.5 Å². The van der Waals surface area contributed by atoms with Gasteiger partial charge in [-0.25, -0.2) is 23.1 Å². The van der Waals surface area contributed by atoms with E-state index < -0.39 is 35.7 Å². The summed E-state index contributed by atoms with van der Waals surface area (Å²) in [5.41, 5.74) is 2.03. The number of benzene rings is 3. The molecule has 3 aromatic carbocycles. The molecule has 0 saturated heterocycles. The molecule has 42 heavy (non-hydrogen) atoms. The molecule has 6 rings (SSSR count). The number of anilines is 1. The Labute approximate surface area is 239 Å². The molecule has 0 radical (unpaired) electrons. The van der Waals surface area contributed by atoms with E-state index in [1.54, 1.807) is 37.3 Å². The molecular weight excluding hydrogens is 545 g/mol. The van der Waals surface area contributed by atoms with Gasteiger partial charge in [0.15, 0.2) is 0 Å². The van der Waals surface area contributed by atoms with Gasteiger partial charge in [-0.3, -0.25) is 14.5 Å². The van der Waals surface area contributed by atoms with Crippen molar-refractivity contribution < 1.29 is 27.2 Å². The summed E-state index contributed by atoms with van der Waals surface area (Å²) in [6, 6.07) is 14.6. The van der Waals surface area contributed by atoms with Gasteiger partial charge in [0.2, 0.25) is 5.95 Å². The second-order valence-corrected chi connectivity index (χ2v) is 10.2. The van der Waals surface area contributed by atoms with Crippen molar-refractivity contribution in [2.24, 2.45) is 0 Å². The van der Waals surface area contributed by atoms with Crippen LogP contribution in [0.5, 0.6) is 0 Å². The van der Waals surface area contributed by atoms with Gasteiger partial charge in [0, 0.05) is 42.2 Å². The summed E-state index contributed by atoms with van der Waals surface area (Å²) in [5.74, 6) is -1.92. The lowest BCUT2D eigenvalue weighted by molar-refractivity contribution is 0.0924. The molecule has 0 aliphatic heterocycles. The predicted octanol–water partition coefficient (Wildman–Crippen LogP) is 6.65. The Kier molecular flexibility index (Phi) is 6.97. The van der Waals surface area contributed by atoms with E-state index in [9.17, 15) is 18.4 Å². The van der Waals surface area contributed by atoms with E-state index in [0.29, 0.717) is 16.7 Å². The van der Waals surface area contributed by atoms with Crippen LogP contribution in [0.2, 0.25) is 0 Å². The van der Waals surface area contributed by atoms with Gasteiger partial charge >= 0.3 is 0 Å². The number of nitrogens with zero attached hydrogens (tertiary/aromatic N) is 3. The third-order valence-electron chi connectivity index (χ3n) is 7.54. The molecule has 5 aromatic rings. The highest BCUT2D eigenvalue weighted by Gasteiger charge is 2.39. The van der Waals surface area contributed by atoms with Crippen LogP contribution in [-0.2, 0) is 0 Å². The van der Waals surface area contributed by atoms with E-state index in [1.807, 2.05) is 0 Å². The van der Waals surface area contributed by atoms with Crippen LogP contribution in [0.1, 0.15) is 39.1 Å². The monoisotopic (exact) mass is 570 g/mol. The number of aromatic nitrogens is 2. The SMILES string of the molecule is CNC(=O)c1c(-c2ccc(F)cc2)oc2ccc(-c3cc(C(=O)N(c4ncccn4)C4CC(F)C4)ccc3C)c(F)c12. The lowest BCUT2D eigenvalue weighted by Crippen LogP contribution is -2.49. The van der Waals surface area contributed by atoms with E-state index >= 15 is 4.39 Å². The summed E-state index contributed by atoms with van der Waals surface area (Å²) in [7, 11) is 1.42. The molecule has 1 saturated carbocycles. The summed E-state index contributed by atoms with van der Waals surface area (Å²) in [6.07, 6.45) is 2.36. The van der Waals surface area contributed by atoms with Crippen molar-refractivity contribution in [3.05, 3.63) is 101 Å². The van der Waals surface area contributed by atoms with Crippen LogP contribution >= 0.6 is 0 Å². The highest BCUT2D eigenvalue weighted by atomic mass is 19.1. The lowest BCUT2D eigenvalue weighted by atomic mass is 9.88. The number of furan rings is 1. The highest BCUT2D eigenvalue weighted by molar-refractivity contribution is 6.12. The fourth-order valence-electron chi connectivity index (χ4n) is 5.26. The number of nitrogens with one attached hydrogen (secondary N) is 1. The average Bonchev–Trinajstić information content (AvgIpc) is 3.38. The van der Waals surface area contributed by atoms with Gasteiger partial charge < -0.3 is 9.73 Å². The minimum Gasteiger partial charge on any atom is -0.455 e. The largest absolute Gasteiger partial charge is 0.455 e. The molecule has 2 aromatic heterocycles. The van der Waals surface area contributed by atoms with Gasteiger partial charge in [-0.15, -0.1) is 0 Å². The minimum atomic E-state index is -1.01. The van der Waals surface area contributed by atoms with Gasteiger partial charge in [-0.1, -0.05) is 6.07 Å². The third kappa shape index (κ3) is 4.68. The topological polar surface area (TPSA) is 88.3 Å². The number of alkyl halides is 1. The molecular formula is C32H25F3N4O3. The molecule has 0 atom stereocenters. The molecule has 212 valence electrons. The number of amides is 2. The van der Waals surface area contributed by atoms with E-state index in [-0.39, 0.29) is 52.2 Å². The number of halogens is 3. The molecule has 2 amide bonds. The minimum absolute atomic E-state index is 0.0264. The second-order valence-electron chi connectivity index (χ2n) is 10.2. The Hall–Kier alpha value is -4.99. The summed E-state index contributed by atoms with van der Waals surface area (Å²) in [5, 5.41) is 2.49. The van der Waals surface area contributed by atoms with Crippen LogP contribution in [0.3, 0.4) is 0 Å². The molecule has 0 spiro atoms. The first-order valence-electron chi connectivity index (χ1n) is 13.4. The van der Waals surface area contributed by atoms with Gasteiger partial charge in [-0.2, -0.15) is 0 Å². The molecule has 7 nitrogen and oxygen atoms in total. The van der Waals surface area contributed by atoms with Crippen molar-refractivity contribution >= 4 is 28.7 Å². The van der Waals surface area contributed by atoms with Crippen molar-refractivity contribution in [2.45, 2.75) is 32.0 Å². The first-order valence-corrected chi connectivity index (χ1v) is 13.4. The number of hydrogen-bond donors (Lipinski definition) is 1. The molecule has 1 aliphatic rings. The maximum atomic E-state index is 16.4. The molecule has 2 heterocycles. The van der Waals surface area contributed by atoms with Crippen LogP contribution in [0.4, 0.5) is 19.1 Å². The number of rotatable bonds is 6. The van der Waals surface area contributed by atoms with Gasteiger partial charge in [0.05, 0.1) is 10.9 Å².